The largest absolute Gasteiger partial charge is 0.356 e. The van der Waals surface area contributed by atoms with Gasteiger partial charge in [0.1, 0.15) is 11.6 Å². The first kappa shape index (κ1) is 16.3. The molecule has 0 aliphatic carbocycles. The highest BCUT2D eigenvalue weighted by Gasteiger charge is 2.25. The van der Waals surface area contributed by atoms with E-state index in [0.717, 1.165) is 44.1 Å². The molecule has 1 aliphatic rings. The van der Waals surface area contributed by atoms with Crippen molar-refractivity contribution >= 4 is 5.82 Å². The Bertz CT molecular complexity index is 911. The van der Waals surface area contributed by atoms with Crippen molar-refractivity contribution in [1.29, 1.82) is 5.26 Å². The molecule has 0 N–H and O–H groups in total. The van der Waals surface area contributed by atoms with Gasteiger partial charge < -0.3 is 9.47 Å². The van der Waals surface area contributed by atoms with Gasteiger partial charge >= 0.3 is 0 Å². The number of hydrogen-bond acceptors (Lipinski definition) is 5. The SMILES string of the molecule is N#Cc1ccnc(N2CCC[C@H](c3nccn3Cc3ccncc3)C2)c1. The number of imidazole rings is 1. The molecule has 6 heteroatoms. The van der Waals surface area contributed by atoms with Crippen molar-refractivity contribution < 1.29 is 0 Å². The lowest BCUT2D eigenvalue weighted by Crippen LogP contribution is -2.36. The fraction of sp³-hybridized carbons (Fsp3) is 0.300. The van der Waals surface area contributed by atoms with Gasteiger partial charge in [-0.05, 0) is 42.7 Å². The van der Waals surface area contributed by atoms with Crippen molar-refractivity contribution in [2.75, 3.05) is 18.0 Å². The molecule has 0 aromatic carbocycles. The first-order valence-corrected chi connectivity index (χ1v) is 8.84. The van der Waals surface area contributed by atoms with Gasteiger partial charge in [0.15, 0.2) is 0 Å². The topological polar surface area (TPSA) is 70.6 Å². The third-order valence-electron chi connectivity index (χ3n) is 4.84. The molecule has 4 heterocycles. The molecule has 26 heavy (non-hydrogen) atoms. The van der Waals surface area contributed by atoms with Crippen molar-refractivity contribution in [1.82, 2.24) is 19.5 Å². The van der Waals surface area contributed by atoms with E-state index in [4.69, 9.17) is 5.26 Å². The molecule has 0 unspecified atom stereocenters. The van der Waals surface area contributed by atoms with E-state index in [9.17, 15) is 0 Å². The molecule has 1 aliphatic heterocycles. The average molecular weight is 344 g/mol. The van der Waals surface area contributed by atoms with E-state index >= 15 is 0 Å². The van der Waals surface area contributed by atoms with Crippen LogP contribution in [0.5, 0.6) is 0 Å². The van der Waals surface area contributed by atoms with Crippen LogP contribution in [0.4, 0.5) is 5.82 Å². The Kier molecular flexibility index (Phi) is 4.61. The molecular formula is C20H20N6. The normalized spacial score (nSPS) is 17.0. The van der Waals surface area contributed by atoms with Crippen LogP contribution in [0.15, 0.2) is 55.2 Å². The van der Waals surface area contributed by atoms with Crippen molar-refractivity contribution in [2.45, 2.75) is 25.3 Å². The van der Waals surface area contributed by atoms with Crippen LogP contribution >= 0.6 is 0 Å². The van der Waals surface area contributed by atoms with Crippen LogP contribution in [0.25, 0.3) is 0 Å². The Morgan fingerprint density at radius 1 is 1.12 bits per heavy atom. The fourth-order valence-corrected chi connectivity index (χ4v) is 3.56. The summed E-state index contributed by atoms with van der Waals surface area (Å²) in [6, 6.07) is 9.87. The molecule has 1 atom stereocenters. The summed E-state index contributed by atoms with van der Waals surface area (Å²) in [4.78, 5) is 15.5. The van der Waals surface area contributed by atoms with Crippen molar-refractivity contribution in [3.63, 3.8) is 0 Å². The number of pyridine rings is 2. The van der Waals surface area contributed by atoms with Crippen LogP contribution in [0, 0.1) is 11.3 Å². The summed E-state index contributed by atoms with van der Waals surface area (Å²) in [5.41, 5.74) is 1.87. The van der Waals surface area contributed by atoms with E-state index in [1.54, 1.807) is 12.3 Å². The quantitative estimate of drug-likeness (QED) is 0.728. The molecule has 3 aromatic heterocycles. The van der Waals surface area contributed by atoms with Crippen LogP contribution in [-0.4, -0.2) is 32.6 Å². The van der Waals surface area contributed by atoms with E-state index in [1.807, 2.05) is 43.0 Å². The molecule has 0 bridgehead atoms. The monoisotopic (exact) mass is 344 g/mol. The standard InChI is InChI=1S/C20H20N6/c21-13-17-5-8-23-19(12-17)25-10-1-2-18(15-25)20-24-9-11-26(20)14-16-3-6-22-7-4-16/h3-9,11-12,18H,1-2,10,14-15H2/t18-/m0/s1. The highest BCUT2D eigenvalue weighted by molar-refractivity contribution is 5.45. The van der Waals surface area contributed by atoms with Gasteiger partial charge in [0, 0.05) is 56.5 Å². The summed E-state index contributed by atoms with van der Waals surface area (Å²) in [6.07, 6.45) is 11.5. The van der Waals surface area contributed by atoms with E-state index in [1.165, 1.54) is 5.56 Å². The predicted molar refractivity (Wildman–Crippen MR) is 98.7 cm³/mol. The number of nitriles is 1. The average Bonchev–Trinajstić information content (AvgIpc) is 3.17. The van der Waals surface area contributed by atoms with E-state index in [-0.39, 0.29) is 0 Å². The maximum absolute atomic E-state index is 9.13. The van der Waals surface area contributed by atoms with Gasteiger partial charge in [-0.2, -0.15) is 5.26 Å². The smallest absolute Gasteiger partial charge is 0.129 e. The van der Waals surface area contributed by atoms with E-state index in [0.29, 0.717) is 11.5 Å². The molecule has 130 valence electrons. The maximum atomic E-state index is 9.13. The minimum absolute atomic E-state index is 0.355. The number of piperidine rings is 1. The van der Waals surface area contributed by atoms with Crippen molar-refractivity contribution in [3.8, 4) is 6.07 Å². The van der Waals surface area contributed by atoms with Gasteiger partial charge in [0.2, 0.25) is 0 Å². The Balaban J connectivity index is 1.53. The summed E-state index contributed by atoms with van der Waals surface area (Å²) in [5, 5.41) is 9.13. The van der Waals surface area contributed by atoms with E-state index in [2.05, 4.69) is 30.5 Å². The summed E-state index contributed by atoms with van der Waals surface area (Å²) in [5.74, 6) is 2.34. The van der Waals surface area contributed by atoms with Gasteiger partial charge in [-0.25, -0.2) is 9.97 Å². The molecule has 0 amide bonds. The molecule has 0 saturated carbocycles. The Morgan fingerprint density at radius 2 is 2.00 bits per heavy atom. The lowest BCUT2D eigenvalue weighted by molar-refractivity contribution is 0.474. The number of hydrogen-bond donors (Lipinski definition) is 0. The molecule has 3 aromatic rings. The van der Waals surface area contributed by atoms with Gasteiger partial charge in [0.05, 0.1) is 11.6 Å². The first-order chi connectivity index (χ1) is 12.8. The maximum Gasteiger partial charge on any atom is 0.129 e. The van der Waals surface area contributed by atoms with Gasteiger partial charge in [0.25, 0.3) is 0 Å². The highest BCUT2D eigenvalue weighted by Crippen LogP contribution is 2.29. The summed E-state index contributed by atoms with van der Waals surface area (Å²) < 4.78 is 2.22. The van der Waals surface area contributed by atoms with Crippen LogP contribution in [0.1, 0.15) is 35.7 Å². The Hall–Kier alpha value is -3.20. The second-order valence-corrected chi connectivity index (χ2v) is 6.57. The van der Waals surface area contributed by atoms with Crippen molar-refractivity contribution in [2.24, 2.45) is 0 Å². The predicted octanol–water partition coefficient (Wildman–Crippen LogP) is 2.98. The minimum Gasteiger partial charge on any atom is -0.356 e. The second-order valence-electron chi connectivity index (χ2n) is 6.57. The zero-order valence-corrected chi connectivity index (χ0v) is 14.5. The zero-order chi connectivity index (χ0) is 17.8. The number of rotatable bonds is 4. The molecule has 6 nitrogen and oxygen atoms in total. The van der Waals surface area contributed by atoms with Crippen LogP contribution < -0.4 is 4.90 Å². The highest BCUT2D eigenvalue weighted by atomic mass is 15.2. The first-order valence-electron chi connectivity index (χ1n) is 8.84. The Morgan fingerprint density at radius 3 is 2.85 bits per heavy atom. The van der Waals surface area contributed by atoms with Crippen LogP contribution in [-0.2, 0) is 6.54 Å². The van der Waals surface area contributed by atoms with E-state index < -0.39 is 0 Å². The Labute approximate surface area is 152 Å². The third-order valence-corrected chi connectivity index (χ3v) is 4.84. The summed E-state index contributed by atoms with van der Waals surface area (Å²) >= 11 is 0. The number of aromatic nitrogens is 4. The second kappa shape index (κ2) is 7.36. The molecule has 1 fully saturated rings. The summed E-state index contributed by atoms with van der Waals surface area (Å²) in [6.45, 7) is 2.63. The summed E-state index contributed by atoms with van der Waals surface area (Å²) in [7, 11) is 0. The fourth-order valence-electron chi connectivity index (χ4n) is 3.56. The zero-order valence-electron chi connectivity index (χ0n) is 14.5. The molecule has 4 rings (SSSR count). The van der Waals surface area contributed by atoms with Crippen LogP contribution in [0.2, 0.25) is 0 Å². The molecule has 1 saturated heterocycles. The molecular weight excluding hydrogens is 324 g/mol. The molecule has 0 spiro atoms. The third kappa shape index (κ3) is 3.42. The van der Waals surface area contributed by atoms with Crippen LogP contribution in [0.3, 0.4) is 0 Å². The number of nitrogens with zero attached hydrogens (tertiary/aromatic N) is 6. The lowest BCUT2D eigenvalue weighted by atomic mass is 9.97. The van der Waals surface area contributed by atoms with Gasteiger partial charge in [-0.15, -0.1) is 0 Å². The van der Waals surface area contributed by atoms with Gasteiger partial charge in [-0.1, -0.05) is 0 Å². The number of anilines is 1. The molecule has 0 radical (unpaired) electrons. The lowest BCUT2D eigenvalue weighted by Gasteiger charge is -2.33. The minimum atomic E-state index is 0.355. The van der Waals surface area contributed by atoms with Gasteiger partial charge in [-0.3, -0.25) is 4.98 Å². The van der Waals surface area contributed by atoms with Crippen molar-refractivity contribution in [3.05, 3.63) is 72.2 Å².